The first-order valence-corrected chi connectivity index (χ1v) is 9.08. The Balaban J connectivity index is 1.52. The fourth-order valence-corrected chi connectivity index (χ4v) is 3.33. The number of nitrogens with one attached hydrogen (secondary N) is 1. The van der Waals surface area contributed by atoms with Gasteiger partial charge in [0.15, 0.2) is 11.4 Å². The molecule has 29 heavy (non-hydrogen) atoms. The molecule has 1 atom stereocenters. The van der Waals surface area contributed by atoms with Crippen LogP contribution in [0.5, 0.6) is 5.75 Å². The van der Waals surface area contributed by atoms with Crippen LogP contribution in [0.2, 0.25) is 0 Å². The second-order valence-corrected chi connectivity index (χ2v) is 6.79. The van der Waals surface area contributed by atoms with Gasteiger partial charge in [-0.25, -0.2) is 9.07 Å². The number of nitrogens with zero attached hydrogens (tertiary/aromatic N) is 5. The van der Waals surface area contributed by atoms with Crippen molar-refractivity contribution in [1.29, 1.82) is 0 Å². The van der Waals surface area contributed by atoms with Crippen molar-refractivity contribution < 1.29 is 19.1 Å². The van der Waals surface area contributed by atoms with E-state index in [0.29, 0.717) is 25.1 Å². The molecule has 4 rings (SSSR count). The first-order chi connectivity index (χ1) is 13.9. The molecule has 1 aliphatic rings. The zero-order valence-corrected chi connectivity index (χ0v) is 15.6. The maximum Gasteiger partial charge on any atom is 0.276 e. The van der Waals surface area contributed by atoms with Crippen LogP contribution >= 0.6 is 0 Å². The minimum absolute atomic E-state index is 0.0957. The van der Waals surface area contributed by atoms with E-state index in [1.807, 2.05) is 0 Å². The van der Waals surface area contributed by atoms with E-state index in [2.05, 4.69) is 15.5 Å². The number of amides is 2. The summed E-state index contributed by atoms with van der Waals surface area (Å²) in [6, 6.07) is 5.11. The van der Waals surface area contributed by atoms with Crippen LogP contribution in [0, 0.1) is 5.82 Å². The van der Waals surface area contributed by atoms with Gasteiger partial charge in [-0.3, -0.25) is 14.3 Å². The van der Waals surface area contributed by atoms with Gasteiger partial charge in [0.05, 0.1) is 18.1 Å². The quantitative estimate of drug-likeness (QED) is 0.691. The van der Waals surface area contributed by atoms with E-state index in [1.54, 1.807) is 35.1 Å². The van der Waals surface area contributed by atoms with Gasteiger partial charge < -0.3 is 15.3 Å². The van der Waals surface area contributed by atoms with E-state index in [4.69, 9.17) is 0 Å². The fourth-order valence-electron chi connectivity index (χ4n) is 3.33. The number of rotatable bonds is 4. The lowest BCUT2D eigenvalue weighted by atomic mass is 10.0. The molecule has 150 valence electrons. The Labute approximate surface area is 165 Å². The van der Waals surface area contributed by atoms with Gasteiger partial charge in [-0.1, -0.05) is 12.1 Å². The van der Waals surface area contributed by atoms with Crippen LogP contribution < -0.4 is 10.2 Å². The molecule has 1 aromatic carbocycles. The molecule has 10 heteroatoms. The Morgan fingerprint density at radius 2 is 2.10 bits per heavy atom. The topological polar surface area (TPSA) is 105 Å². The molecular weight excluding hydrogens is 379 g/mol. The highest BCUT2D eigenvalue weighted by Crippen LogP contribution is 2.23. The van der Waals surface area contributed by atoms with Crippen molar-refractivity contribution in [3.63, 3.8) is 0 Å². The summed E-state index contributed by atoms with van der Waals surface area (Å²) in [7, 11) is 1.76. The third-order valence-electron chi connectivity index (χ3n) is 4.76. The summed E-state index contributed by atoms with van der Waals surface area (Å²) < 4.78 is 16.6. The van der Waals surface area contributed by atoms with Crippen LogP contribution in [0.1, 0.15) is 23.3 Å². The molecule has 3 aromatic rings. The number of aromatic nitrogens is 4. The van der Waals surface area contributed by atoms with Crippen molar-refractivity contribution in [3.05, 3.63) is 54.4 Å². The van der Waals surface area contributed by atoms with Crippen LogP contribution in [-0.4, -0.2) is 49.1 Å². The molecule has 1 unspecified atom stereocenters. The summed E-state index contributed by atoms with van der Waals surface area (Å²) in [4.78, 5) is 27.0. The lowest BCUT2D eigenvalue weighted by Crippen LogP contribution is -2.52. The zero-order valence-electron chi connectivity index (χ0n) is 15.6. The first kappa shape index (κ1) is 18.7. The zero-order chi connectivity index (χ0) is 20.5. The largest absolute Gasteiger partial charge is 0.504 e. The lowest BCUT2D eigenvalue weighted by molar-refractivity contribution is -0.121. The maximum atomic E-state index is 13.9. The monoisotopic (exact) mass is 398 g/mol. The van der Waals surface area contributed by atoms with Crippen molar-refractivity contribution in [2.45, 2.75) is 18.9 Å². The van der Waals surface area contributed by atoms with Crippen molar-refractivity contribution in [3.8, 4) is 11.4 Å². The fraction of sp³-hybridized carbons (Fsp3) is 0.263. The number of aryl methyl sites for hydroxylation is 1. The number of aromatic hydroxyl groups is 1. The summed E-state index contributed by atoms with van der Waals surface area (Å²) in [5.41, 5.74) is 0.473. The SMILES string of the molecule is Cn1cc(N2CCCC(NC(=O)c3nn(-c4ccccc4F)cc3O)C2=O)cn1. The highest BCUT2D eigenvalue weighted by molar-refractivity contribution is 6.02. The first-order valence-electron chi connectivity index (χ1n) is 9.08. The highest BCUT2D eigenvalue weighted by atomic mass is 19.1. The maximum absolute atomic E-state index is 13.9. The van der Waals surface area contributed by atoms with Crippen LogP contribution in [0.3, 0.4) is 0 Å². The average molecular weight is 398 g/mol. The number of hydrogen-bond donors (Lipinski definition) is 2. The predicted octanol–water partition coefficient (Wildman–Crippen LogP) is 1.38. The van der Waals surface area contributed by atoms with E-state index < -0.39 is 23.5 Å². The highest BCUT2D eigenvalue weighted by Gasteiger charge is 2.32. The third kappa shape index (κ3) is 3.56. The minimum atomic E-state index is -0.755. The van der Waals surface area contributed by atoms with E-state index in [9.17, 15) is 19.1 Å². The second-order valence-electron chi connectivity index (χ2n) is 6.79. The molecule has 3 heterocycles. The normalized spacial score (nSPS) is 16.8. The van der Waals surface area contributed by atoms with Crippen LogP contribution in [0.4, 0.5) is 10.1 Å². The molecule has 0 saturated carbocycles. The predicted molar refractivity (Wildman–Crippen MR) is 101 cm³/mol. The van der Waals surface area contributed by atoms with Gasteiger partial charge in [-0.2, -0.15) is 10.2 Å². The molecule has 0 spiro atoms. The summed E-state index contributed by atoms with van der Waals surface area (Å²) in [5.74, 6) is -1.91. The summed E-state index contributed by atoms with van der Waals surface area (Å²) in [5, 5.41) is 20.8. The molecule has 9 nitrogen and oxygen atoms in total. The summed E-state index contributed by atoms with van der Waals surface area (Å²) in [6.45, 7) is 0.532. The van der Waals surface area contributed by atoms with Crippen molar-refractivity contribution in [2.75, 3.05) is 11.4 Å². The van der Waals surface area contributed by atoms with Gasteiger partial charge >= 0.3 is 0 Å². The van der Waals surface area contributed by atoms with E-state index in [0.717, 1.165) is 10.9 Å². The lowest BCUT2D eigenvalue weighted by Gasteiger charge is -2.31. The van der Waals surface area contributed by atoms with Gasteiger partial charge in [-0.15, -0.1) is 0 Å². The third-order valence-corrected chi connectivity index (χ3v) is 4.76. The molecule has 2 amide bonds. The summed E-state index contributed by atoms with van der Waals surface area (Å²) >= 11 is 0. The standard InChI is InChI=1S/C19H19FN6O3/c1-24-10-12(9-21-24)25-8-4-6-14(19(25)29)22-18(28)17-16(27)11-26(23-17)15-7-3-2-5-13(15)20/h2-3,5,7,9-11,14,27H,4,6,8H2,1H3,(H,22,28). The number of carbonyl (C=O) groups is 2. The van der Waals surface area contributed by atoms with Crippen LogP contribution in [0.15, 0.2) is 42.9 Å². The molecular formula is C19H19FN6O3. The Hall–Kier alpha value is -3.69. The van der Waals surface area contributed by atoms with Gasteiger partial charge in [0.1, 0.15) is 17.5 Å². The van der Waals surface area contributed by atoms with Crippen LogP contribution in [0.25, 0.3) is 5.69 Å². The molecule has 0 bridgehead atoms. The second kappa shape index (κ2) is 7.38. The van der Waals surface area contributed by atoms with Crippen molar-refractivity contribution in [2.24, 2.45) is 7.05 Å². The number of anilines is 1. The smallest absolute Gasteiger partial charge is 0.276 e. The number of hydrogen-bond acceptors (Lipinski definition) is 5. The van der Waals surface area contributed by atoms with Gasteiger partial charge in [0.2, 0.25) is 5.91 Å². The van der Waals surface area contributed by atoms with E-state index in [-0.39, 0.29) is 17.3 Å². The Morgan fingerprint density at radius 3 is 2.83 bits per heavy atom. The number of carbonyl (C=O) groups excluding carboxylic acids is 2. The molecule has 1 saturated heterocycles. The minimum Gasteiger partial charge on any atom is -0.504 e. The number of benzene rings is 1. The Kier molecular flexibility index (Phi) is 4.75. The molecule has 0 radical (unpaired) electrons. The molecule has 0 aliphatic carbocycles. The summed E-state index contributed by atoms with van der Waals surface area (Å²) in [6.07, 6.45) is 5.63. The number of piperidine rings is 1. The molecule has 2 N–H and O–H groups in total. The van der Waals surface area contributed by atoms with Gasteiger partial charge in [0.25, 0.3) is 5.91 Å². The van der Waals surface area contributed by atoms with Gasteiger partial charge in [0, 0.05) is 19.8 Å². The Bertz CT molecular complexity index is 1080. The molecule has 1 fully saturated rings. The van der Waals surface area contributed by atoms with E-state index in [1.165, 1.54) is 18.2 Å². The van der Waals surface area contributed by atoms with Crippen molar-refractivity contribution >= 4 is 17.5 Å². The van der Waals surface area contributed by atoms with E-state index >= 15 is 0 Å². The van der Waals surface area contributed by atoms with Crippen LogP contribution in [-0.2, 0) is 11.8 Å². The molecule has 2 aromatic heterocycles. The number of para-hydroxylation sites is 1. The average Bonchev–Trinajstić information content (AvgIpc) is 3.29. The van der Waals surface area contributed by atoms with Crippen molar-refractivity contribution in [1.82, 2.24) is 24.9 Å². The Morgan fingerprint density at radius 1 is 1.31 bits per heavy atom. The van der Waals surface area contributed by atoms with Gasteiger partial charge in [-0.05, 0) is 25.0 Å². The molecule has 1 aliphatic heterocycles. The number of halogens is 1.